The first kappa shape index (κ1) is 26.2. The zero-order valence-corrected chi connectivity index (χ0v) is 22.7. The SMILES string of the molecule is O=C(Cl)CCCCCCCCC(=O)Oc1ccc2c(c1)[C@@]13CCCC[C@H]1[C@H](C2)N(CC1CCC1)CC3. The molecule has 36 heavy (non-hydrogen) atoms. The van der Waals surface area contributed by atoms with Crippen molar-refractivity contribution in [2.24, 2.45) is 11.8 Å². The highest BCUT2D eigenvalue weighted by Gasteiger charge is 2.54. The summed E-state index contributed by atoms with van der Waals surface area (Å²) < 4.78 is 5.86. The number of fused-ring (bicyclic) bond motifs is 1. The fourth-order valence-corrected chi connectivity index (χ4v) is 7.92. The summed E-state index contributed by atoms with van der Waals surface area (Å²) in [6.07, 6.45) is 19.0. The predicted molar refractivity (Wildman–Crippen MR) is 145 cm³/mol. The molecule has 0 N–H and O–H groups in total. The summed E-state index contributed by atoms with van der Waals surface area (Å²) in [5, 5.41) is -0.243. The lowest BCUT2D eigenvalue weighted by molar-refractivity contribution is -0.134. The van der Waals surface area contributed by atoms with E-state index < -0.39 is 0 Å². The second-order valence-electron chi connectivity index (χ2n) is 12.1. The van der Waals surface area contributed by atoms with Crippen molar-refractivity contribution in [1.82, 2.24) is 4.90 Å². The molecular formula is C31H44ClNO3. The Hall–Kier alpha value is -1.39. The average Bonchev–Trinajstić information content (AvgIpc) is 2.84. The molecule has 1 saturated heterocycles. The number of carbonyl (C=O) groups excluding carboxylic acids is 2. The molecule has 1 aromatic carbocycles. The number of likely N-dealkylation sites (tertiary alicyclic amines) is 1. The topological polar surface area (TPSA) is 46.6 Å². The smallest absolute Gasteiger partial charge is 0.311 e. The Morgan fingerprint density at radius 2 is 1.72 bits per heavy atom. The van der Waals surface area contributed by atoms with Gasteiger partial charge in [0.15, 0.2) is 0 Å². The molecule has 1 aromatic rings. The van der Waals surface area contributed by atoms with Crippen molar-refractivity contribution >= 4 is 22.8 Å². The molecule has 3 aliphatic carbocycles. The first-order valence-corrected chi connectivity index (χ1v) is 15.2. The number of rotatable bonds is 12. The van der Waals surface area contributed by atoms with Gasteiger partial charge in [-0.1, -0.05) is 51.0 Å². The highest BCUT2D eigenvalue weighted by molar-refractivity contribution is 6.63. The summed E-state index contributed by atoms with van der Waals surface area (Å²) in [6.45, 7) is 2.55. The lowest BCUT2D eigenvalue weighted by Crippen LogP contribution is -2.61. The second kappa shape index (κ2) is 12.0. The summed E-state index contributed by atoms with van der Waals surface area (Å²) >= 11 is 5.38. The number of unbranched alkanes of at least 4 members (excludes halogenated alkanes) is 5. The van der Waals surface area contributed by atoms with Gasteiger partial charge in [-0.15, -0.1) is 0 Å². The van der Waals surface area contributed by atoms with E-state index in [1.165, 1.54) is 82.0 Å². The van der Waals surface area contributed by atoms with E-state index in [2.05, 4.69) is 17.0 Å². The third-order valence-corrected chi connectivity index (χ3v) is 10.1. The molecule has 0 unspecified atom stereocenters. The second-order valence-corrected chi connectivity index (χ2v) is 12.5. The third-order valence-electron chi connectivity index (χ3n) is 9.88. The van der Waals surface area contributed by atoms with Crippen LogP contribution in [0.15, 0.2) is 18.2 Å². The highest BCUT2D eigenvalue weighted by atomic mass is 35.5. The van der Waals surface area contributed by atoms with Crippen molar-refractivity contribution in [3.05, 3.63) is 29.3 Å². The maximum Gasteiger partial charge on any atom is 0.311 e. The van der Waals surface area contributed by atoms with E-state index in [0.717, 1.165) is 56.1 Å². The lowest BCUT2D eigenvalue weighted by atomic mass is 9.52. The molecule has 0 spiro atoms. The van der Waals surface area contributed by atoms with Crippen LogP contribution in [0.2, 0.25) is 0 Å². The van der Waals surface area contributed by atoms with Crippen molar-refractivity contribution in [3.8, 4) is 5.75 Å². The Morgan fingerprint density at radius 3 is 2.47 bits per heavy atom. The third kappa shape index (κ3) is 5.85. The Bertz CT molecular complexity index is 928. The van der Waals surface area contributed by atoms with Crippen LogP contribution in [0.4, 0.5) is 0 Å². The maximum atomic E-state index is 12.6. The number of halogens is 1. The van der Waals surface area contributed by atoms with E-state index in [1.54, 1.807) is 0 Å². The number of ether oxygens (including phenoxy) is 1. The van der Waals surface area contributed by atoms with Crippen molar-refractivity contribution in [2.75, 3.05) is 13.1 Å². The minimum atomic E-state index is -0.243. The first-order valence-electron chi connectivity index (χ1n) is 14.8. The zero-order chi connectivity index (χ0) is 25.0. The lowest BCUT2D eigenvalue weighted by Gasteiger charge is -2.59. The van der Waals surface area contributed by atoms with Gasteiger partial charge in [-0.3, -0.25) is 14.5 Å². The number of hydrogen-bond acceptors (Lipinski definition) is 4. The molecule has 4 aliphatic rings. The predicted octanol–water partition coefficient (Wildman–Crippen LogP) is 7.34. The van der Waals surface area contributed by atoms with Gasteiger partial charge in [-0.2, -0.15) is 0 Å². The average molecular weight is 514 g/mol. The minimum Gasteiger partial charge on any atom is -0.427 e. The van der Waals surface area contributed by atoms with Gasteiger partial charge >= 0.3 is 5.97 Å². The van der Waals surface area contributed by atoms with Crippen LogP contribution in [0.5, 0.6) is 5.75 Å². The highest BCUT2D eigenvalue weighted by Crippen LogP contribution is 2.56. The molecular weight excluding hydrogens is 470 g/mol. The van der Waals surface area contributed by atoms with Crippen LogP contribution in [0, 0.1) is 11.8 Å². The van der Waals surface area contributed by atoms with Gasteiger partial charge in [0.25, 0.3) is 0 Å². The number of carbonyl (C=O) groups is 2. The summed E-state index contributed by atoms with van der Waals surface area (Å²) in [7, 11) is 0. The van der Waals surface area contributed by atoms with Crippen LogP contribution in [0.1, 0.15) is 114 Å². The van der Waals surface area contributed by atoms with Gasteiger partial charge in [0.05, 0.1) is 0 Å². The molecule has 198 valence electrons. The summed E-state index contributed by atoms with van der Waals surface area (Å²) in [6, 6.07) is 7.27. The van der Waals surface area contributed by atoms with Gasteiger partial charge in [-0.25, -0.2) is 0 Å². The maximum absolute atomic E-state index is 12.6. The Kier molecular flexibility index (Phi) is 8.73. The van der Waals surface area contributed by atoms with E-state index >= 15 is 0 Å². The van der Waals surface area contributed by atoms with E-state index in [9.17, 15) is 9.59 Å². The Balaban J connectivity index is 1.16. The number of benzene rings is 1. The molecule has 2 saturated carbocycles. The molecule has 3 atom stereocenters. The van der Waals surface area contributed by atoms with E-state index in [0.29, 0.717) is 24.3 Å². The molecule has 4 nitrogen and oxygen atoms in total. The standard InChI is InChI=1S/C31H44ClNO3/c32-29(34)13-5-3-1-2-4-6-14-30(35)36-25-16-15-24-20-28-26-12-7-8-17-31(26,27(24)21-25)18-19-33(28)22-23-10-9-11-23/h15-16,21,23,26,28H,1-14,17-20,22H2/t26-,28-,31+/m0/s1. The Labute approximate surface area is 222 Å². The van der Waals surface area contributed by atoms with Crippen molar-refractivity contribution < 1.29 is 14.3 Å². The molecule has 2 bridgehead atoms. The molecule has 5 heteroatoms. The van der Waals surface area contributed by atoms with Crippen LogP contribution in [0.3, 0.4) is 0 Å². The van der Waals surface area contributed by atoms with Gasteiger partial charge in [0, 0.05) is 30.8 Å². The van der Waals surface area contributed by atoms with Crippen LogP contribution in [0.25, 0.3) is 0 Å². The van der Waals surface area contributed by atoms with E-state index in [-0.39, 0.29) is 11.2 Å². The number of esters is 1. The summed E-state index contributed by atoms with van der Waals surface area (Å²) in [4.78, 5) is 26.2. The summed E-state index contributed by atoms with van der Waals surface area (Å²) in [5.74, 6) is 2.34. The van der Waals surface area contributed by atoms with Gasteiger partial charge in [0.1, 0.15) is 5.75 Å². The van der Waals surface area contributed by atoms with E-state index in [4.69, 9.17) is 16.3 Å². The zero-order valence-electron chi connectivity index (χ0n) is 21.9. The van der Waals surface area contributed by atoms with Gasteiger partial charge in [-0.05, 0) is 105 Å². The van der Waals surface area contributed by atoms with Crippen LogP contribution in [-0.2, 0) is 21.4 Å². The van der Waals surface area contributed by atoms with Gasteiger partial charge in [0.2, 0.25) is 5.24 Å². The van der Waals surface area contributed by atoms with Crippen LogP contribution < -0.4 is 4.74 Å². The normalized spacial score (nSPS) is 27.6. The molecule has 0 radical (unpaired) electrons. The minimum absolute atomic E-state index is 0.107. The molecule has 5 rings (SSSR count). The quantitative estimate of drug-likeness (QED) is 0.127. The fourth-order valence-electron chi connectivity index (χ4n) is 7.78. The summed E-state index contributed by atoms with van der Waals surface area (Å²) in [5.41, 5.74) is 3.31. The molecule has 0 aromatic heterocycles. The molecule has 1 aliphatic heterocycles. The monoisotopic (exact) mass is 513 g/mol. The largest absolute Gasteiger partial charge is 0.427 e. The van der Waals surface area contributed by atoms with Crippen molar-refractivity contribution in [3.63, 3.8) is 0 Å². The molecule has 0 amide bonds. The van der Waals surface area contributed by atoms with Gasteiger partial charge < -0.3 is 4.74 Å². The molecule has 3 fully saturated rings. The fraction of sp³-hybridized carbons (Fsp3) is 0.742. The Morgan fingerprint density at radius 1 is 0.944 bits per heavy atom. The van der Waals surface area contributed by atoms with E-state index in [1.807, 2.05) is 6.07 Å². The number of piperidine rings is 1. The number of hydrogen-bond donors (Lipinski definition) is 0. The van der Waals surface area contributed by atoms with Crippen molar-refractivity contribution in [2.45, 2.75) is 121 Å². The van der Waals surface area contributed by atoms with Crippen LogP contribution in [-0.4, -0.2) is 35.2 Å². The van der Waals surface area contributed by atoms with Crippen molar-refractivity contribution in [1.29, 1.82) is 0 Å². The molecule has 1 heterocycles. The first-order chi connectivity index (χ1) is 17.5. The van der Waals surface area contributed by atoms with Crippen LogP contribution >= 0.6 is 11.6 Å². The number of nitrogens with zero attached hydrogens (tertiary/aromatic N) is 1.